The molecule has 0 saturated carbocycles. The van der Waals surface area contributed by atoms with E-state index in [4.69, 9.17) is 14.2 Å². The summed E-state index contributed by atoms with van der Waals surface area (Å²) in [6.45, 7) is 7.16. The van der Waals surface area contributed by atoms with E-state index in [2.05, 4.69) is 20.3 Å². The van der Waals surface area contributed by atoms with Crippen LogP contribution in [0, 0.1) is 0 Å². The van der Waals surface area contributed by atoms with Crippen molar-refractivity contribution in [1.82, 2.24) is 0 Å². The Morgan fingerprint density at radius 3 is 2.24 bits per heavy atom. The summed E-state index contributed by atoms with van der Waals surface area (Å²) >= 11 is 0. The van der Waals surface area contributed by atoms with Crippen molar-refractivity contribution in [1.29, 1.82) is 0 Å². The van der Waals surface area contributed by atoms with Crippen LogP contribution >= 0.6 is 7.26 Å². The molecule has 3 nitrogen and oxygen atoms in total. The van der Waals surface area contributed by atoms with Crippen molar-refractivity contribution in [2.45, 2.75) is 51.9 Å². The van der Waals surface area contributed by atoms with Crippen LogP contribution in [0.4, 0.5) is 0 Å². The molecule has 1 heterocycles. The van der Waals surface area contributed by atoms with Crippen LogP contribution in [0.5, 0.6) is 0 Å². The van der Waals surface area contributed by atoms with E-state index >= 15 is 0 Å². The molecule has 1 aliphatic rings. The summed E-state index contributed by atoms with van der Waals surface area (Å²) in [4.78, 5) is 0. The second kappa shape index (κ2) is 8.42. The molecule has 0 aromatic heterocycles. The molecule has 1 rings (SSSR count). The normalized spacial score (nSPS) is 25.7. The van der Waals surface area contributed by atoms with Crippen molar-refractivity contribution in [2.75, 3.05) is 32.6 Å². The maximum atomic E-state index is 5.56. The van der Waals surface area contributed by atoms with Gasteiger partial charge in [-0.25, -0.2) is 0 Å². The fraction of sp³-hybridized carbons (Fsp3) is 1.00. The van der Waals surface area contributed by atoms with Crippen LogP contribution in [-0.4, -0.2) is 39.1 Å². The van der Waals surface area contributed by atoms with Crippen molar-refractivity contribution in [2.24, 2.45) is 0 Å². The summed E-state index contributed by atoms with van der Waals surface area (Å²) in [5.74, 6) is 0. The quantitative estimate of drug-likeness (QED) is 0.495. The average molecular weight is 264 g/mol. The van der Waals surface area contributed by atoms with E-state index in [9.17, 15) is 0 Å². The fourth-order valence-corrected chi connectivity index (χ4v) is 3.09. The van der Waals surface area contributed by atoms with Gasteiger partial charge in [-0.15, -0.1) is 0 Å². The maximum absolute atomic E-state index is 5.56. The Morgan fingerprint density at radius 2 is 1.59 bits per heavy atom. The van der Waals surface area contributed by atoms with Crippen LogP contribution in [0.3, 0.4) is 0 Å². The number of ether oxygens (including phenoxy) is 3. The van der Waals surface area contributed by atoms with E-state index in [1.54, 1.807) is 0 Å². The molecule has 1 fully saturated rings. The summed E-state index contributed by atoms with van der Waals surface area (Å²) < 4.78 is 16.7. The van der Waals surface area contributed by atoms with Gasteiger partial charge in [0.15, 0.2) is 0 Å². The number of hydrogen-bond acceptors (Lipinski definition) is 3. The molecule has 0 spiro atoms. The van der Waals surface area contributed by atoms with E-state index in [1.807, 2.05) is 0 Å². The van der Waals surface area contributed by atoms with Gasteiger partial charge in [0.2, 0.25) is 0 Å². The van der Waals surface area contributed by atoms with Gasteiger partial charge in [-0.3, -0.25) is 0 Å². The van der Waals surface area contributed by atoms with Crippen molar-refractivity contribution in [3.05, 3.63) is 0 Å². The predicted octanol–water partition coefficient (Wildman–Crippen LogP) is 3.62. The molecule has 1 saturated heterocycles. The molecule has 0 atom stereocenters. The van der Waals surface area contributed by atoms with Crippen molar-refractivity contribution < 1.29 is 14.2 Å². The zero-order chi connectivity index (χ0) is 12.6. The third-order valence-electron chi connectivity index (χ3n) is 2.97. The Labute approximate surface area is 107 Å². The standard InChI is InChI=1S/C13H29O3P/c1-4-5-6-7-8-9-10-14-13-15-11-17(2,3)12-16-13/h13,17H,4-12H2,1-3H3. The molecule has 0 aliphatic carbocycles. The fourth-order valence-electron chi connectivity index (χ4n) is 1.84. The minimum absolute atomic E-state index is 0.397. The van der Waals surface area contributed by atoms with Gasteiger partial charge >= 0.3 is 106 Å². The third-order valence-corrected chi connectivity index (χ3v) is 4.87. The van der Waals surface area contributed by atoms with Gasteiger partial charge in [0, 0.05) is 0 Å². The van der Waals surface area contributed by atoms with Gasteiger partial charge in [-0.05, 0) is 0 Å². The van der Waals surface area contributed by atoms with E-state index in [1.165, 1.54) is 32.1 Å². The number of rotatable bonds is 8. The first-order valence-electron chi connectivity index (χ1n) is 6.99. The summed E-state index contributed by atoms with van der Waals surface area (Å²) in [5, 5.41) is 0. The topological polar surface area (TPSA) is 27.7 Å². The second-order valence-corrected chi connectivity index (χ2v) is 10.6. The Hall–Kier alpha value is 0.310. The van der Waals surface area contributed by atoms with Crippen molar-refractivity contribution >= 4 is 7.26 Å². The molecule has 0 unspecified atom stereocenters. The van der Waals surface area contributed by atoms with E-state index in [-0.39, 0.29) is 0 Å². The van der Waals surface area contributed by atoms with Crippen LogP contribution in [0.2, 0.25) is 0 Å². The molecular formula is C13H29O3P. The van der Waals surface area contributed by atoms with Gasteiger partial charge < -0.3 is 0 Å². The summed E-state index contributed by atoms with van der Waals surface area (Å²) in [6, 6.07) is 0. The first kappa shape index (κ1) is 15.4. The van der Waals surface area contributed by atoms with Crippen LogP contribution in [0.1, 0.15) is 45.4 Å². The van der Waals surface area contributed by atoms with Gasteiger partial charge in [0.25, 0.3) is 0 Å². The van der Waals surface area contributed by atoms with Gasteiger partial charge in [0.05, 0.1) is 0 Å². The Balaban J connectivity index is 1.90. The first-order chi connectivity index (χ1) is 8.14. The molecule has 0 amide bonds. The molecule has 0 N–H and O–H groups in total. The zero-order valence-electron chi connectivity index (χ0n) is 11.7. The van der Waals surface area contributed by atoms with E-state index < -0.39 is 13.7 Å². The Bertz CT molecular complexity index is 187. The number of hydrogen-bond donors (Lipinski definition) is 0. The van der Waals surface area contributed by atoms with Crippen LogP contribution in [0.25, 0.3) is 0 Å². The molecule has 104 valence electrons. The summed E-state index contributed by atoms with van der Waals surface area (Å²) in [5.41, 5.74) is 0. The summed E-state index contributed by atoms with van der Waals surface area (Å²) in [6.07, 6.45) is 9.43. The van der Waals surface area contributed by atoms with Crippen molar-refractivity contribution in [3.63, 3.8) is 0 Å². The Morgan fingerprint density at radius 1 is 1.00 bits per heavy atom. The summed E-state index contributed by atoms with van der Waals surface area (Å²) in [7, 11) is -1.23. The van der Waals surface area contributed by atoms with Crippen LogP contribution in [-0.2, 0) is 14.2 Å². The SMILES string of the molecule is CCCCCCCCOC1OC[PH](C)(C)CO1. The van der Waals surface area contributed by atoms with Gasteiger partial charge in [0.1, 0.15) is 0 Å². The average Bonchev–Trinajstić information content (AvgIpc) is 2.30. The first-order valence-corrected chi connectivity index (χ1v) is 10.4. The van der Waals surface area contributed by atoms with Gasteiger partial charge in [-0.1, -0.05) is 0 Å². The monoisotopic (exact) mass is 264 g/mol. The molecule has 1 aliphatic heterocycles. The van der Waals surface area contributed by atoms with E-state index in [0.717, 1.165) is 25.7 Å². The molecule has 0 radical (unpaired) electrons. The second-order valence-electron chi connectivity index (χ2n) is 5.71. The molecule has 0 bridgehead atoms. The molecule has 0 aromatic carbocycles. The van der Waals surface area contributed by atoms with Crippen LogP contribution < -0.4 is 0 Å². The third kappa shape index (κ3) is 7.35. The zero-order valence-corrected chi connectivity index (χ0v) is 12.7. The van der Waals surface area contributed by atoms with Crippen molar-refractivity contribution in [3.8, 4) is 0 Å². The molecular weight excluding hydrogens is 235 g/mol. The minimum atomic E-state index is -1.23. The Kier molecular flexibility index (Phi) is 7.61. The molecule has 4 heteroatoms. The molecule has 17 heavy (non-hydrogen) atoms. The van der Waals surface area contributed by atoms with Crippen LogP contribution in [0.15, 0.2) is 0 Å². The molecule has 0 aromatic rings. The number of unbranched alkanes of at least 4 members (excludes halogenated alkanes) is 5. The predicted molar refractivity (Wildman–Crippen MR) is 75.2 cm³/mol. The van der Waals surface area contributed by atoms with E-state index in [0.29, 0.717) is 0 Å². The van der Waals surface area contributed by atoms with Gasteiger partial charge in [-0.2, -0.15) is 0 Å².